The summed E-state index contributed by atoms with van der Waals surface area (Å²) < 4.78 is 18.8. The first kappa shape index (κ1) is 12.6. The van der Waals surface area contributed by atoms with Gasteiger partial charge in [-0.3, -0.25) is 4.79 Å². The average molecular weight is 273 g/mol. The lowest BCUT2D eigenvalue weighted by molar-refractivity contribution is 0.102. The van der Waals surface area contributed by atoms with Crippen LogP contribution in [0.1, 0.15) is 21.5 Å². The molecule has 0 unspecified atom stereocenters. The number of fused-ring (bicyclic) bond motifs is 1. The van der Waals surface area contributed by atoms with Gasteiger partial charge in [-0.25, -0.2) is 4.39 Å². The minimum absolute atomic E-state index is 0.0320. The number of phenols is 1. The van der Waals surface area contributed by atoms with Crippen LogP contribution < -0.4 is 5.32 Å². The number of hydrogen-bond acceptors (Lipinski definition) is 3. The highest BCUT2D eigenvalue weighted by molar-refractivity contribution is 6.04. The maximum Gasteiger partial charge on any atom is 0.255 e. The van der Waals surface area contributed by atoms with Crippen LogP contribution in [0.25, 0.3) is 0 Å². The molecule has 2 N–H and O–H groups in total. The van der Waals surface area contributed by atoms with Gasteiger partial charge in [-0.2, -0.15) is 0 Å². The Kier molecular flexibility index (Phi) is 3.12. The third-order valence-corrected chi connectivity index (χ3v) is 3.18. The Labute approximate surface area is 114 Å². The van der Waals surface area contributed by atoms with E-state index in [2.05, 4.69) is 5.32 Å². The third-order valence-electron chi connectivity index (χ3n) is 3.18. The zero-order chi connectivity index (χ0) is 14.1. The summed E-state index contributed by atoms with van der Waals surface area (Å²) in [7, 11) is 0. The number of rotatable bonds is 2. The Hall–Kier alpha value is -2.40. The molecule has 1 amide bonds. The highest BCUT2D eigenvalue weighted by Crippen LogP contribution is 2.23. The Balaban J connectivity index is 1.82. The summed E-state index contributed by atoms with van der Waals surface area (Å²) in [5.41, 5.74) is 2.52. The molecule has 3 rings (SSSR count). The first-order valence-electron chi connectivity index (χ1n) is 6.13. The average Bonchev–Trinajstić information content (AvgIpc) is 2.89. The van der Waals surface area contributed by atoms with E-state index in [9.17, 15) is 9.18 Å². The van der Waals surface area contributed by atoms with Gasteiger partial charge in [0.1, 0.15) is 11.6 Å². The molecule has 0 spiro atoms. The normalized spacial score (nSPS) is 13.1. The van der Waals surface area contributed by atoms with Crippen molar-refractivity contribution in [2.45, 2.75) is 13.2 Å². The smallest absolute Gasteiger partial charge is 0.255 e. The van der Waals surface area contributed by atoms with Gasteiger partial charge in [0.15, 0.2) is 0 Å². The molecule has 1 heterocycles. The van der Waals surface area contributed by atoms with E-state index >= 15 is 0 Å². The summed E-state index contributed by atoms with van der Waals surface area (Å²) >= 11 is 0. The largest absolute Gasteiger partial charge is 0.508 e. The van der Waals surface area contributed by atoms with E-state index in [0.717, 1.165) is 17.2 Å². The van der Waals surface area contributed by atoms with Crippen LogP contribution in [0, 0.1) is 5.82 Å². The van der Waals surface area contributed by atoms with Gasteiger partial charge in [0.05, 0.1) is 18.9 Å². The molecule has 5 heteroatoms. The van der Waals surface area contributed by atoms with Crippen LogP contribution in [0.4, 0.5) is 10.1 Å². The minimum atomic E-state index is -0.678. The number of aromatic hydroxyl groups is 1. The molecule has 20 heavy (non-hydrogen) atoms. The first-order valence-corrected chi connectivity index (χ1v) is 6.13. The van der Waals surface area contributed by atoms with Crippen molar-refractivity contribution in [1.82, 2.24) is 0 Å². The maximum absolute atomic E-state index is 13.6. The number of carbonyl (C=O) groups excluding carboxylic acids is 1. The molecule has 2 aromatic rings. The number of phenolic OH excluding ortho intramolecular Hbond substituents is 1. The number of nitrogens with one attached hydrogen (secondary N) is 1. The van der Waals surface area contributed by atoms with E-state index in [-0.39, 0.29) is 11.4 Å². The van der Waals surface area contributed by atoms with Crippen molar-refractivity contribution in [2.24, 2.45) is 0 Å². The summed E-state index contributed by atoms with van der Waals surface area (Å²) in [5, 5.41) is 11.6. The standard InChI is InChI=1S/C15H12FNO3/c16-13-6-12(18)3-4-14(13)17-15(19)9-1-2-10-7-20-8-11(10)5-9/h1-6,18H,7-8H2,(H,17,19). The Bertz CT molecular complexity index is 685. The number of anilines is 1. The second-order valence-corrected chi connectivity index (χ2v) is 4.59. The Morgan fingerprint density at radius 3 is 2.75 bits per heavy atom. The van der Waals surface area contributed by atoms with Crippen molar-refractivity contribution < 1.29 is 19.0 Å². The van der Waals surface area contributed by atoms with Crippen LogP contribution in [0.15, 0.2) is 36.4 Å². The molecule has 0 saturated carbocycles. The number of carbonyl (C=O) groups is 1. The number of ether oxygens (including phenoxy) is 1. The molecule has 2 aromatic carbocycles. The molecule has 102 valence electrons. The SMILES string of the molecule is O=C(Nc1ccc(O)cc1F)c1ccc2c(c1)COC2. The summed E-state index contributed by atoms with van der Waals surface area (Å²) in [4.78, 5) is 12.1. The van der Waals surface area contributed by atoms with Crippen LogP contribution in [0.2, 0.25) is 0 Å². The molecule has 0 saturated heterocycles. The monoisotopic (exact) mass is 273 g/mol. The Morgan fingerprint density at radius 1 is 1.15 bits per heavy atom. The topological polar surface area (TPSA) is 58.6 Å². The van der Waals surface area contributed by atoms with Crippen LogP contribution in [0.3, 0.4) is 0 Å². The fourth-order valence-corrected chi connectivity index (χ4v) is 2.11. The second-order valence-electron chi connectivity index (χ2n) is 4.59. The first-order chi connectivity index (χ1) is 9.63. The predicted molar refractivity (Wildman–Crippen MR) is 71.0 cm³/mol. The van der Waals surface area contributed by atoms with Gasteiger partial charge in [0.2, 0.25) is 0 Å². The van der Waals surface area contributed by atoms with Crippen molar-refractivity contribution in [3.05, 3.63) is 58.9 Å². The van der Waals surface area contributed by atoms with E-state index < -0.39 is 11.7 Å². The van der Waals surface area contributed by atoms with Crippen molar-refractivity contribution in [1.29, 1.82) is 0 Å². The van der Waals surface area contributed by atoms with E-state index in [1.807, 2.05) is 6.07 Å². The van der Waals surface area contributed by atoms with E-state index in [4.69, 9.17) is 9.84 Å². The lowest BCUT2D eigenvalue weighted by Gasteiger charge is -2.07. The molecule has 0 radical (unpaired) electrons. The van der Waals surface area contributed by atoms with Crippen LogP contribution >= 0.6 is 0 Å². The van der Waals surface area contributed by atoms with E-state index in [0.29, 0.717) is 18.8 Å². The summed E-state index contributed by atoms with van der Waals surface area (Å²) in [6.07, 6.45) is 0. The van der Waals surface area contributed by atoms with Gasteiger partial charge in [-0.15, -0.1) is 0 Å². The van der Waals surface area contributed by atoms with Crippen LogP contribution in [-0.4, -0.2) is 11.0 Å². The van der Waals surface area contributed by atoms with Crippen molar-refractivity contribution >= 4 is 11.6 Å². The molecule has 1 aliphatic heterocycles. The number of amides is 1. The fraction of sp³-hybridized carbons (Fsp3) is 0.133. The summed E-state index contributed by atoms with van der Waals surface area (Å²) in [6, 6.07) is 8.85. The lowest BCUT2D eigenvalue weighted by atomic mass is 10.1. The van der Waals surface area contributed by atoms with Gasteiger partial charge in [-0.05, 0) is 35.4 Å². The maximum atomic E-state index is 13.6. The highest BCUT2D eigenvalue weighted by Gasteiger charge is 2.15. The predicted octanol–water partition coefficient (Wildman–Crippen LogP) is 2.81. The van der Waals surface area contributed by atoms with Gasteiger partial charge in [-0.1, -0.05) is 6.07 Å². The van der Waals surface area contributed by atoms with Gasteiger partial charge >= 0.3 is 0 Å². The molecule has 0 bridgehead atoms. The fourth-order valence-electron chi connectivity index (χ4n) is 2.11. The number of halogens is 1. The molecule has 0 atom stereocenters. The van der Waals surface area contributed by atoms with Crippen LogP contribution in [0.5, 0.6) is 5.75 Å². The van der Waals surface area contributed by atoms with Gasteiger partial charge in [0.25, 0.3) is 5.91 Å². The molecule has 4 nitrogen and oxygen atoms in total. The number of hydrogen-bond donors (Lipinski definition) is 2. The summed E-state index contributed by atoms with van der Waals surface area (Å²) in [5.74, 6) is -1.26. The van der Waals surface area contributed by atoms with Crippen molar-refractivity contribution in [3.8, 4) is 5.75 Å². The quantitative estimate of drug-likeness (QED) is 0.827. The zero-order valence-electron chi connectivity index (χ0n) is 10.5. The van der Waals surface area contributed by atoms with Crippen LogP contribution in [-0.2, 0) is 18.0 Å². The molecular formula is C15H12FNO3. The Morgan fingerprint density at radius 2 is 1.95 bits per heavy atom. The lowest BCUT2D eigenvalue weighted by Crippen LogP contribution is -2.13. The van der Waals surface area contributed by atoms with Crippen molar-refractivity contribution in [3.63, 3.8) is 0 Å². The molecule has 0 aliphatic carbocycles. The third kappa shape index (κ3) is 2.35. The molecule has 0 aromatic heterocycles. The molecule has 1 aliphatic rings. The summed E-state index contributed by atoms with van der Waals surface area (Å²) in [6.45, 7) is 1.05. The van der Waals surface area contributed by atoms with E-state index in [1.54, 1.807) is 12.1 Å². The van der Waals surface area contributed by atoms with Gasteiger partial charge < -0.3 is 15.2 Å². The molecular weight excluding hydrogens is 261 g/mol. The van der Waals surface area contributed by atoms with Crippen molar-refractivity contribution in [2.75, 3.05) is 5.32 Å². The van der Waals surface area contributed by atoms with Gasteiger partial charge in [0, 0.05) is 11.6 Å². The molecule has 0 fully saturated rings. The van der Waals surface area contributed by atoms with E-state index in [1.165, 1.54) is 12.1 Å². The highest BCUT2D eigenvalue weighted by atomic mass is 19.1. The number of benzene rings is 2. The minimum Gasteiger partial charge on any atom is -0.508 e. The zero-order valence-corrected chi connectivity index (χ0v) is 10.5. The second kappa shape index (κ2) is 4.94.